The van der Waals surface area contributed by atoms with Crippen LogP contribution in [0.25, 0.3) is 22.0 Å². The lowest BCUT2D eigenvalue weighted by Crippen LogP contribution is -2.23. The Morgan fingerprint density at radius 1 is 1.00 bits per heavy atom. The van der Waals surface area contributed by atoms with Gasteiger partial charge in [0, 0.05) is 60.0 Å². The van der Waals surface area contributed by atoms with Gasteiger partial charge in [-0.3, -0.25) is 19.7 Å². The number of nitrogens with zero attached hydrogens (tertiary/aromatic N) is 6. The van der Waals surface area contributed by atoms with Gasteiger partial charge in [-0.25, -0.2) is 4.98 Å². The van der Waals surface area contributed by atoms with E-state index in [0.29, 0.717) is 5.69 Å². The minimum Gasteiger partial charge on any atom is -0.497 e. The Bertz CT molecular complexity index is 1830. The second kappa shape index (κ2) is 12.2. The number of nitriles is 1. The summed E-state index contributed by atoms with van der Waals surface area (Å²) in [6.07, 6.45) is 6.82. The molecule has 4 aromatic heterocycles. The van der Waals surface area contributed by atoms with Crippen LogP contribution in [0.2, 0.25) is 0 Å². The number of hydrogen-bond acceptors (Lipinski definition) is 8. The molecule has 1 N–H and O–H groups in total. The zero-order chi connectivity index (χ0) is 30.6. The van der Waals surface area contributed by atoms with E-state index in [1.54, 1.807) is 45.5 Å². The van der Waals surface area contributed by atoms with Gasteiger partial charge < -0.3 is 15.0 Å². The molecule has 0 fully saturated rings. The zero-order valence-corrected chi connectivity index (χ0v) is 24.9. The predicted molar refractivity (Wildman–Crippen MR) is 168 cm³/mol. The zero-order valence-electron chi connectivity index (χ0n) is 24.9. The van der Waals surface area contributed by atoms with E-state index in [2.05, 4.69) is 45.3 Å². The van der Waals surface area contributed by atoms with Crippen LogP contribution in [0.1, 0.15) is 48.1 Å². The van der Waals surface area contributed by atoms with Gasteiger partial charge >= 0.3 is 0 Å². The minimum absolute atomic E-state index is 0.227. The molecule has 0 bridgehead atoms. The second-order valence-electron chi connectivity index (χ2n) is 10.8. The van der Waals surface area contributed by atoms with E-state index >= 15 is 0 Å². The van der Waals surface area contributed by atoms with Crippen LogP contribution in [0, 0.1) is 18.3 Å². The average Bonchev–Trinajstić information content (AvgIpc) is 3.04. The highest BCUT2D eigenvalue weighted by molar-refractivity contribution is 6.03. The number of aryl methyl sites for hydroxylation is 1. The first kappa shape index (κ1) is 29.1. The topological polar surface area (TPSA) is 117 Å². The van der Waals surface area contributed by atoms with Crippen molar-refractivity contribution in [3.8, 4) is 22.9 Å². The summed E-state index contributed by atoms with van der Waals surface area (Å²) < 4.78 is 5.27. The van der Waals surface area contributed by atoms with Crippen molar-refractivity contribution < 1.29 is 9.53 Å². The molecule has 0 saturated carbocycles. The van der Waals surface area contributed by atoms with Crippen molar-refractivity contribution in [1.82, 2.24) is 19.9 Å². The molecule has 9 heteroatoms. The van der Waals surface area contributed by atoms with Crippen LogP contribution >= 0.6 is 0 Å². The summed E-state index contributed by atoms with van der Waals surface area (Å²) in [6.45, 7) is 9.14. The first-order valence-electron chi connectivity index (χ1n) is 14.0. The summed E-state index contributed by atoms with van der Waals surface area (Å²) in [5.41, 5.74) is 5.26. The molecule has 0 unspecified atom stereocenters. The summed E-state index contributed by atoms with van der Waals surface area (Å²) in [6, 6.07) is 19.6. The molecule has 0 aliphatic carbocycles. The summed E-state index contributed by atoms with van der Waals surface area (Å²) in [5.74, 6) is 1.30. The number of aromatic nitrogens is 4. The van der Waals surface area contributed by atoms with Gasteiger partial charge in [-0.15, -0.1) is 0 Å². The van der Waals surface area contributed by atoms with Gasteiger partial charge in [-0.1, -0.05) is 12.1 Å². The highest BCUT2D eigenvalue weighted by atomic mass is 16.5. The third-order valence-corrected chi connectivity index (χ3v) is 7.44. The van der Waals surface area contributed by atoms with Crippen LogP contribution in [0.4, 0.5) is 11.5 Å². The van der Waals surface area contributed by atoms with E-state index in [-0.39, 0.29) is 11.6 Å². The lowest BCUT2D eigenvalue weighted by atomic mass is 9.86. The van der Waals surface area contributed by atoms with Gasteiger partial charge in [0.2, 0.25) is 0 Å². The number of benzene rings is 1. The number of carbonyl (C=O) groups excluding carboxylic acids is 1. The Kier molecular flexibility index (Phi) is 8.30. The third kappa shape index (κ3) is 6.44. The number of ether oxygens (including phenoxy) is 1. The maximum Gasteiger partial charge on any atom is 0.274 e. The number of hydrogen-bond donors (Lipinski definition) is 1. The molecular weight excluding hydrogens is 538 g/mol. The predicted octanol–water partition coefficient (Wildman–Crippen LogP) is 6.48. The largest absolute Gasteiger partial charge is 0.497 e. The van der Waals surface area contributed by atoms with Crippen LogP contribution < -0.4 is 15.0 Å². The molecule has 1 amide bonds. The van der Waals surface area contributed by atoms with Gasteiger partial charge in [-0.2, -0.15) is 5.26 Å². The summed E-state index contributed by atoms with van der Waals surface area (Å²) >= 11 is 0. The number of anilines is 2. The van der Waals surface area contributed by atoms with E-state index in [4.69, 9.17) is 14.7 Å². The molecule has 1 aromatic carbocycles. The molecular formula is C34H33N7O2. The van der Waals surface area contributed by atoms with Crippen LogP contribution in [0.3, 0.4) is 0 Å². The van der Waals surface area contributed by atoms with Crippen molar-refractivity contribution in [3.63, 3.8) is 0 Å². The molecule has 0 saturated heterocycles. The van der Waals surface area contributed by atoms with Crippen molar-refractivity contribution in [2.75, 3.05) is 23.9 Å². The summed E-state index contributed by atoms with van der Waals surface area (Å²) in [4.78, 5) is 33.4. The molecule has 0 aliphatic heterocycles. The molecule has 4 heterocycles. The molecule has 43 heavy (non-hydrogen) atoms. The third-order valence-electron chi connectivity index (χ3n) is 7.44. The van der Waals surface area contributed by atoms with Crippen molar-refractivity contribution in [2.45, 2.75) is 39.7 Å². The Balaban J connectivity index is 1.37. The van der Waals surface area contributed by atoms with E-state index in [1.807, 2.05) is 49.6 Å². The SMILES string of the molecule is CCN(Cc1ccc(OC)cc1)c1cc2ncc(-c3cc(NC(=O)c4cc(C(C)(C)C#N)ccn4)cnc3C)cc2cn1. The molecule has 0 radical (unpaired) electrons. The van der Waals surface area contributed by atoms with Crippen LogP contribution in [0.5, 0.6) is 5.75 Å². The highest BCUT2D eigenvalue weighted by Gasteiger charge is 2.22. The standard InChI is InChI=1S/C34H33N7O2/c1-6-41(20-23-7-9-28(43-5)10-8-23)32-16-30-25(18-39-32)13-24(17-38-30)29-15-27(19-37-22(29)2)40-33(42)31-14-26(11-12-36-31)34(3,4)21-35/h7-19H,6,20H2,1-5H3,(H,40,42). The van der Waals surface area contributed by atoms with E-state index in [1.165, 1.54) is 0 Å². The summed E-state index contributed by atoms with van der Waals surface area (Å²) in [5, 5.41) is 13.3. The first-order valence-corrected chi connectivity index (χ1v) is 14.0. The maximum absolute atomic E-state index is 13.0. The van der Waals surface area contributed by atoms with Gasteiger partial charge in [0.1, 0.15) is 17.3 Å². The van der Waals surface area contributed by atoms with Crippen LogP contribution in [-0.2, 0) is 12.0 Å². The fraction of sp³-hybridized carbons (Fsp3) is 0.235. The first-order chi connectivity index (χ1) is 20.7. The molecule has 0 atom stereocenters. The lowest BCUT2D eigenvalue weighted by Gasteiger charge is -2.22. The lowest BCUT2D eigenvalue weighted by molar-refractivity contribution is 0.102. The molecule has 9 nitrogen and oxygen atoms in total. The number of pyridine rings is 4. The Hall–Kier alpha value is -5.36. The number of methoxy groups -OCH3 is 1. The van der Waals surface area contributed by atoms with Gasteiger partial charge in [0.05, 0.1) is 36.0 Å². The molecule has 5 rings (SSSR count). The van der Waals surface area contributed by atoms with Gasteiger partial charge in [0.15, 0.2) is 0 Å². The van der Waals surface area contributed by atoms with Gasteiger partial charge in [0.25, 0.3) is 5.91 Å². The number of nitrogens with one attached hydrogen (secondary N) is 1. The number of amides is 1. The smallest absolute Gasteiger partial charge is 0.274 e. The van der Waals surface area contributed by atoms with E-state index in [0.717, 1.165) is 63.5 Å². The molecule has 0 aliphatic rings. The number of fused-ring (bicyclic) bond motifs is 1. The Morgan fingerprint density at radius 2 is 1.79 bits per heavy atom. The van der Waals surface area contributed by atoms with Gasteiger partial charge in [-0.05, 0) is 75.2 Å². The average molecular weight is 572 g/mol. The monoisotopic (exact) mass is 571 g/mol. The molecule has 216 valence electrons. The minimum atomic E-state index is -0.735. The fourth-order valence-corrected chi connectivity index (χ4v) is 4.73. The van der Waals surface area contributed by atoms with Crippen molar-refractivity contribution in [1.29, 1.82) is 5.26 Å². The Morgan fingerprint density at radius 3 is 2.51 bits per heavy atom. The summed E-state index contributed by atoms with van der Waals surface area (Å²) in [7, 11) is 1.66. The van der Waals surface area contributed by atoms with Crippen molar-refractivity contribution in [3.05, 3.63) is 102 Å². The van der Waals surface area contributed by atoms with Crippen molar-refractivity contribution in [2.24, 2.45) is 0 Å². The Labute approximate surface area is 251 Å². The highest BCUT2D eigenvalue weighted by Crippen LogP contribution is 2.29. The number of rotatable bonds is 9. The van der Waals surface area contributed by atoms with E-state index in [9.17, 15) is 10.1 Å². The van der Waals surface area contributed by atoms with Crippen LogP contribution in [0.15, 0.2) is 79.4 Å². The van der Waals surface area contributed by atoms with Crippen molar-refractivity contribution >= 4 is 28.3 Å². The van der Waals surface area contributed by atoms with Crippen LogP contribution in [-0.4, -0.2) is 39.5 Å². The quantitative estimate of drug-likeness (QED) is 0.214. The molecule has 5 aromatic rings. The fourth-order valence-electron chi connectivity index (χ4n) is 4.73. The maximum atomic E-state index is 13.0. The molecule has 0 spiro atoms. The van der Waals surface area contributed by atoms with E-state index < -0.39 is 5.41 Å². The second-order valence-corrected chi connectivity index (χ2v) is 10.8. The normalized spacial score (nSPS) is 11.2. The number of carbonyl (C=O) groups is 1.